The Morgan fingerprint density at radius 3 is 2.54 bits per heavy atom. The van der Waals surface area contributed by atoms with Crippen molar-refractivity contribution in [2.75, 3.05) is 19.5 Å². The van der Waals surface area contributed by atoms with Crippen LogP contribution < -0.4 is 14.8 Å². The van der Waals surface area contributed by atoms with Crippen molar-refractivity contribution >= 4 is 28.9 Å². The molecule has 0 atom stereocenters. The summed E-state index contributed by atoms with van der Waals surface area (Å²) in [4.78, 5) is 25.6. The summed E-state index contributed by atoms with van der Waals surface area (Å²) >= 11 is 1.29. The average Bonchev–Trinajstić information content (AvgIpc) is 3.37. The Kier molecular flexibility index (Phi) is 5.95. The summed E-state index contributed by atoms with van der Waals surface area (Å²) in [5, 5.41) is 8.26. The van der Waals surface area contributed by atoms with Crippen LogP contribution in [-0.2, 0) is 11.3 Å². The van der Waals surface area contributed by atoms with Crippen molar-refractivity contribution in [3.05, 3.63) is 57.6 Å². The van der Waals surface area contributed by atoms with Gasteiger partial charge >= 0.3 is 5.97 Å². The lowest BCUT2D eigenvalue weighted by Gasteiger charge is -2.15. The molecule has 0 spiro atoms. The summed E-state index contributed by atoms with van der Waals surface area (Å²) in [7, 11) is 2.92. The highest BCUT2D eigenvalue weighted by molar-refractivity contribution is 7.12. The standard InChI is InChI=1S/C19H18N2O6S/c1-11-7-12(27-21-11)10-26-19(23)13-8-15(24-2)16(25-3)9-14(13)20-18(22)17-5-4-6-28-17/h4-9H,10H2,1-3H3,(H,20,22). The number of nitrogens with zero attached hydrogens (tertiary/aromatic N) is 1. The monoisotopic (exact) mass is 402 g/mol. The summed E-state index contributed by atoms with van der Waals surface area (Å²) in [5.74, 6) is 0.111. The van der Waals surface area contributed by atoms with Gasteiger partial charge in [0.05, 0.1) is 36.0 Å². The Hall–Kier alpha value is -3.33. The number of carbonyl (C=O) groups is 2. The summed E-state index contributed by atoms with van der Waals surface area (Å²) < 4.78 is 20.9. The molecule has 1 amide bonds. The smallest absolute Gasteiger partial charge is 0.340 e. The highest BCUT2D eigenvalue weighted by Gasteiger charge is 2.21. The molecule has 146 valence electrons. The van der Waals surface area contributed by atoms with Gasteiger partial charge in [-0.15, -0.1) is 11.3 Å². The maximum Gasteiger partial charge on any atom is 0.340 e. The van der Waals surface area contributed by atoms with Gasteiger partial charge in [0.1, 0.15) is 0 Å². The van der Waals surface area contributed by atoms with E-state index in [1.54, 1.807) is 30.5 Å². The van der Waals surface area contributed by atoms with E-state index in [4.69, 9.17) is 18.7 Å². The first kappa shape index (κ1) is 19.4. The summed E-state index contributed by atoms with van der Waals surface area (Å²) in [6.07, 6.45) is 0. The summed E-state index contributed by atoms with van der Waals surface area (Å²) in [6, 6.07) is 8.09. The third-order valence-electron chi connectivity index (χ3n) is 3.76. The molecule has 0 fully saturated rings. The van der Waals surface area contributed by atoms with Crippen molar-refractivity contribution in [2.24, 2.45) is 0 Å². The fourth-order valence-electron chi connectivity index (χ4n) is 2.44. The van der Waals surface area contributed by atoms with Crippen LogP contribution in [0.5, 0.6) is 11.5 Å². The van der Waals surface area contributed by atoms with Crippen LogP contribution in [0.2, 0.25) is 0 Å². The van der Waals surface area contributed by atoms with Crippen LogP contribution >= 0.6 is 11.3 Å². The van der Waals surface area contributed by atoms with E-state index < -0.39 is 5.97 Å². The number of ether oxygens (including phenoxy) is 3. The molecule has 0 radical (unpaired) electrons. The molecule has 0 unspecified atom stereocenters. The number of anilines is 1. The van der Waals surface area contributed by atoms with Crippen LogP contribution in [0, 0.1) is 6.92 Å². The van der Waals surface area contributed by atoms with Crippen LogP contribution in [0.4, 0.5) is 5.69 Å². The van der Waals surface area contributed by atoms with Crippen molar-refractivity contribution in [3.8, 4) is 11.5 Å². The van der Waals surface area contributed by atoms with Crippen molar-refractivity contribution < 1.29 is 28.3 Å². The predicted molar refractivity (Wildman–Crippen MR) is 102 cm³/mol. The van der Waals surface area contributed by atoms with Crippen molar-refractivity contribution in [1.82, 2.24) is 5.16 Å². The normalized spacial score (nSPS) is 10.4. The molecule has 0 saturated carbocycles. The van der Waals surface area contributed by atoms with Crippen LogP contribution in [0.1, 0.15) is 31.5 Å². The van der Waals surface area contributed by atoms with Crippen LogP contribution in [0.3, 0.4) is 0 Å². The summed E-state index contributed by atoms with van der Waals surface area (Å²) in [5.41, 5.74) is 1.05. The Morgan fingerprint density at radius 2 is 1.93 bits per heavy atom. The zero-order chi connectivity index (χ0) is 20.1. The van der Waals surface area contributed by atoms with Crippen molar-refractivity contribution in [2.45, 2.75) is 13.5 Å². The molecular formula is C19H18N2O6S. The highest BCUT2D eigenvalue weighted by atomic mass is 32.1. The first-order valence-corrected chi connectivity index (χ1v) is 9.10. The second-order valence-electron chi connectivity index (χ2n) is 5.69. The molecule has 0 aliphatic rings. The highest BCUT2D eigenvalue weighted by Crippen LogP contribution is 2.34. The first-order valence-electron chi connectivity index (χ1n) is 8.22. The number of thiophene rings is 1. The molecule has 8 nitrogen and oxygen atoms in total. The Balaban J connectivity index is 1.87. The molecule has 3 rings (SSSR count). The number of rotatable bonds is 7. The fourth-order valence-corrected chi connectivity index (χ4v) is 3.06. The molecule has 0 saturated heterocycles. The number of aryl methyl sites for hydroxylation is 1. The molecule has 1 aromatic carbocycles. The van der Waals surface area contributed by atoms with E-state index in [0.29, 0.717) is 27.8 Å². The van der Waals surface area contributed by atoms with Gasteiger partial charge in [0, 0.05) is 18.2 Å². The number of benzene rings is 1. The van der Waals surface area contributed by atoms with Gasteiger partial charge in [-0.05, 0) is 18.4 Å². The molecular weight excluding hydrogens is 384 g/mol. The van der Waals surface area contributed by atoms with Gasteiger partial charge in [-0.2, -0.15) is 0 Å². The van der Waals surface area contributed by atoms with E-state index in [1.807, 2.05) is 0 Å². The van der Waals surface area contributed by atoms with Crippen molar-refractivity contribution in [3.63, 3.8) is 0 Å². The largest absolute Gasteiger partial charge is 0.493 e. The quantitative estimate of drug-likeness (QED) is 0.602. The molecule has 0 aliphatic carbocycles. The minimum absolute atomic E-state index is 0.0909. The van der Waals surface area contributed by atoms with Crippen LogP contribution in [0.15, 0.2) is 40.2 Å². The average molecular weight is 402 g/mol. The number of esters is 1. The molecule has 9 heteroatoms. The maximum absolute atomic E-state index is 12.7. The van der Waals surface area contributed by atoms with Gasteiger partial charge in [0.25, 0.3) is 5.91 Å². The van der Waals surface area contributed by atoms with Crippen molar-refractivity contribution in [1.29, 1.82) is 0 Å². The number of carbonyl (C=O) groups excluding carboxylic acids is 2. The Bertz CT molecular complexity index is 980. The zero-order valence-corrected chi connectivity index (χ0v) is 16.3. The molecule has 2 heterocycles. The van der Waals surface area contributed by atoms with Crippen LogP contribution in [-0.4, -0.2) is 31.3 Å². The lowest BCUT2D eigenvalue weighted by Crippen LogP contribution is -2.15. The molecule has 2 aromatic heterocycles. The third-order valence-corrected chi connectivity index (χ3v) is 4.63. The van der Waals surface area contributed by atoms with Gasteiger partial charge in [-0.3, -0.25) is 4.79 Å². The fraction of sp³-hybridized carbons (Fsp3) is 0.211. The van der Waals surface area contributed by atoms with Gasteiger partial charge < -0.3 is 24.1 Å². The number of aromatic nitrogens is 1. The molecule has 1 N–H and O–H groups in total. The Labute approximate surface area is 165 Å². The summed E-state index contributed by atoms with van der Waals surface area (Å²) in [6.45, 7) is 1.67. The zero-order valence-electron chi connectivity index (χ0n) is 15.5. The molecule has 3 aromatic rings. The molecule has 0 aliphatic heterocycles. The van der Waals surface area contributed by atoms with E-state index in [2.05, 4.69) is 10.5 Å². The number of hydrogen-bond acceptors (Lipinski definition) is 8. The van der Waals surface area contributed by atoms with Crippen LogP contribution in [0.25, 0.3) is 0 Å². The number of amides is 1. The first-order chi connectivity index (χ1) is 13.5. The second kappa shape index (κ2) is 8.57. The third kappa shape index (κ3) is 4.32. The lowest BCUT2D eigenvalue weighted by atomic mass is 10.1. The van der Waals surface area contributed by atoms with Gasteiger partial charge in [-0.25, -0.2) is 4.79 Å². The number of nitrogens with one attached hydrogen (secondary N) is 1. The topological polar surface area (TPSA) is 99.9 Å². The number of methoxy groups -OCH3 is 2. The van der Waals surface area contributed by atoms with Gasteiger partial charge in [-0.1, -0.05) is 11.2 Å². The SMILES string of the molecule is COc1cc(NC(=O)c2cccs2)c(C(=O)OCc2cc(C)no2)cc1OC. The molecule has 28 heavy (non-hydrogen) atoms. The molecule has 0 bridgehead atoms. The second-order valence-corrected chi connectivity index (χ2v) is 6.64. The van der Waals surface area contributed by atoms with E-state index >= 15 is 0 Å². The van der Waals surface area contributed by atoms with Gasteiger partial charge in [0.15, 0.2) is 23.9 Å². The van der Waals surface area contributed by atoms with E-state index in [-0.39, 0.29) is 23.8 Å². The predicted octanol–water partition coefficient (Wildman–Crippen LogP) is 3.67. The Morgan fingerprint density at radius 1 is 1.18 bits per heavy atom. The van der Waals surface area contributed by atoms with E-state index in [0.717, 1.165) is 0 Å². The lowest BCUT2D eigenvalue weighted by molar-refractivity contribution is 0.0438. The minimum atomic E-state index is -0.656. The van der Waals surface area contributed by atoms with Gasteiger partial charge in [0.2, 0.25) is 0 Å². The number of hydrogen-bond donors (Lipinski definition) is 1. The van der Waals surface area contributed by atoms with E-state index in [9.17, 15) is 9.59 Å². The minimum Gasteiger partial charge on any atom is -0.493 e. The van der Waals surface area contributed by atoms with E-state index in [1.165, 1.54) is 37.7 Å². The maximum atomic E-state index is 12.7.